The molecule has 5 nitrogen and oxygen atoms in total. The number of phenols is 2. The first-order chi connectivity index (χ1) is 16.1. The third kappa shape index (κ3) is 4.59. The van der Waals surface area contributed by atoms with E-state index in [9.17, 15) is 15.0 Å². The summed E-state index contributed by atoms with van der Waals surface area (Å²) >= 11 is 1.38. The third-order valence-corrected chi connectivity index (χ3v) is 7.70. The lowest BCUT2D eigenvalue weighted by atomic mass is 9.94. The van der Waals surface area contributed by atoms with Crippen molar-refractivity contribution in [3.63, 3.8) is 0 Å². The van der Waals surface area contributed by atoms with Crippen molar-refractivity contribution in [2.24, 2.45) is 0 Å². The molecular formula is C27H27NO4S. The van der Waals surface area contributed by atoms with Crippen LogP contribution in [0, 0.1) is 0 Å². The summed E-state index contributed by atoms with van der Waals surface area (Å²) in [5.41, 5.74) is 3.23. The number of carbonyl (C=O) groups is 1. The lowest BCUT2D eigenvalue weighted by molar-refractivity contribution is 0.0990. The van der Waals surface area contributed by atoms with Crippen LogP contribution in [0.15, 0.2) is 65.6 Å². The van der Waals surface area contributed by atoms with Gasteiger partial charge in [-0.1, -0.05) is 24.6 Å². The van der Waals surface area contributed by atoms with Crippen molar-refractivity contribution < 1.29 is 19.7 Å². The molecule has 2 N–H and O–H groups in total. The van der Waals surface area contributed by atoms with Crippen molar-refractivity contribution in [3.05, 3.63) is 71.8 Å². The molecule has 3 aromatic rings. The maximum atomic E-state index is 13.4. The van der Waals surface area contributed by atoms with Gasteiger partial charge in [0.2, 0.25) is 0 Å². The van der Waals surface area contributed by atoms with Gasteiger partial charge in [0.25, 0.3) is 0 Å². The van der Waals surface area contributed by atoms with Gasteiger partial charge < -0.3 is 14.9 Å². The van der Waals surface area contributed by atoms with Gasteiger partial charge in [0, 0.05) is 17.7 Å². The molecule has 2 bridgehead atoms. The zero-order chi connectivity index (χ0) is 22.8. The molecule has 170 valence electrons. The number of ketones is 1. The Morgan fingerprint density at radius 2 is 1.67 bits per heavy atom. The number of ether oxygens (including phenoxy) is 1. The number of benzene rings is 3. The highest BCUT2D eigenvalue weighted by atomic mass is 32.2. The van der Waals surface area contributed by atoms with Crippen LogP contribution in [-0.4, -0.2) is 47.1 Å². The van der Waals surface area contributed by atoms with Gasteiger partial charge in [0.15, 0.2) is 5.78 Å². The molecule has 33 heavy (non-hydrogen) atoms. The molecular weight excluding hydrogens is 434 g/mol. The number of nitrogens with zero attached hydrogens (tertiary/aromatic N) is 1. The van der Waals surface area contributed by atoms with Gasteiger partial charge in [-0.3, -0.25) is 9.69 Å². The van der Waals surface area contributed by atoms with E-state index in [2.05, 4.69) is 4.90 Å². The first kappa shape index (κ1) is 21.9. The minimum Gasteiger partial charge on any atom is -0.508 e. The zero-order valence-corrected chi connectivity index (χ0v) is 19.2. The van der Waals surface area contributed by atoms with E-state index < -0.39 is 5.25 Å². The Morgan fingerprint density at radius 1 is 0.939 bits per heavy atom. The van der Waals surface area contributed by atoms with Crippen LogP contribution in [0.5, 0.6) is 17.2 Å². The Kier molecular flexibility index (Phi) is 6.29. The lowest BCUT2D eigenvalue weighted by Gasteiger charge is -2.26. The summed E-state index contributed by atoms with van der Waals surface area (Å²) < 4.78 is 5.90. The molecule has 0 radical (unpaired) electrons. The number of thioether (sulfide) groups is 1. The first-order valence-electron chi connectivity index (χ1n) is 11.4. The highest BCUT2D eigenvalue weighted by molar-refractivity contribution is 8.00. The number of hydrogen-bond acceptors (Lipinski definition) is 6. The molecule has 2 aliphatic rings. The average Bonchev–Trinajstić information content (AvgIpc) is 3.14. The van der Waals surface area contributed by atoms with Crippen molar-refractivity contribution in [1.29, 1.82) is 0 Å². The van der Waals surface area contributed by atoms with Crippen LogP contribution < -0.4 is 4.74 Å². The quantitative estimate of drug-likeness (QED) is 0.443. The van der Waals surface area contributed by atoms with Crippen molar-refractivity contribution in [2.75, 3.05) is 26.2 Å². The Bertz CT molecular complexity index is 1140. The van der Waals surface area contributed by atoms with Crippen LogP contribution in [-0.2, 0) is 0 Å². The van der Waals surface area contributed by atoms with Gasteiger partial charge in [-0.05, 0) is 79.5 Å². The largest absolute Gasteiger partial charge is 0.508 e. The zero-order valence-electron chi connectivity index (χ0n) is 18.4. The Hall–Kier alpha value is -2.96. The van der Waals surface area contributed by atoms with Crippen LogP contribution in [0.25, 0.3) is 11.1 Å². The highest BCUT2D eigenvalue weighted by Gasteiger charge is 2.35. The van der Waals surface area contributed by atoms with E-state index >= 15 is 0 Å². The molecule has 1 fully saturated rings. The summed E-state index contributed by atoms with van der Waals surface area (Å²) in [7, 11) is 0. The van der Waals surface area contributed by atoms with Gasteiger partial charge in [0.1, 0.15) is 23.9 Å². The minimum atomic E-state index is -0.421. The molecule has 1 unspecified atom stereocenters. The summed E-state index contributed by atoms with van der Waals surface area (Å²) in [5.74, 6) is 1.12. The van der Waals surface area contributed by atoms with Crippen molar-refractivity contribution in [2.45, 2.75) is 29.4 Å². The number of likely N-dealkylation sites (tertiary alicyclic amines) is 1. The molecule has 2 aliphatic heterocycles. The fraction of sp³-hybridized carbons (Fsp3) is 0.296. The van der Waals surface area contributed by atoms with E-state index in [1.165, 1.54) is 31.0 Å². The van der Waals surface area contributed by atoms with Crippen LogP contribution >= 0.6 is 11.8 Å². The number of carbonyl (C=O) groups excluding carboxylic acids is 1. The average molecular weight is 462 g/mol. The fourth-order valence-electron chi connectivity index (χ4n) is 4.57. The second-order valence-electron chi connectivity index (χ2n) is 8.56. The van der Waals surface area contributed by atoms with Gasteiger partial charge in [-0.2, -0.15) is 0 Å². The summed E-state index contributed by atoms with van der Waals surface area (Å²) in [5, 5.41) is 19.6. The third-order valence-electron chi connectivity index (χ3n) is 6.35. The van der Waals surface area contributed by atoms with Gasteiger partial charge in [0.05, 0.1) is 10.1 Å². The van der Waals surface area contributed by atoms with E-state index in [4.69, 9.17) is 4.74 Å². The van der Waals surface area contributed by atoms with Crippen molar-refractivity contribution >= 4 is 17.5 Å². The topological polar surface area (TPSA) is 70.0 Å². The lowest BCUT2D eigenvalue weighted by Crippen LogP contribution is -2.33. The Morgan fingerprint density at radius 3 is 2.39 bits per heavy atom. The number of Topliss-reactive ketones (excluding diaryl/α,β-unsaturated/α-hetero) is 1. The monoisotopic (exact) mass is 461 g/mol. The summed E-state index contributed by atoms with van der Waals surface area (Å²) in [6.07, 6.45) is 3.86. The molecule has 6 heteroatoms. The molecule has 2 heterocycles. The molecule has 3 aromatic carbocycles. The normalized spacial score (nSPS) is 17.8. The molecule has 0 amide bonds. The maximum Gasteiger partial charge on any atom is 0.180 e. The van der Waals surface area contributed by atoms with E-state index in [0.29, 0.717) is 17.1 Å². The first-order valence-corrected chi connectivity index (χ1v) is 12.3. The molecule has 5 rings (SSSR count). The summed E-state index contributed by atoms with van der Waals surface area (Å²) in [6.45, 7) is 3.88. The predicted octanol–water partition coefficient (Wildman–Crippen LogP) is 5.66. The van der Waals surface area contributed by atoms with Crippen molar-refractivity contribution in [3.8, 4) is 28.4 Å². The minimum absolute atomic E-state index is 0.000458. The van der Waals surface area contributed by atoms with Crippen LogP contribution in [0.3, 0.4) is 0 Å². The predicted molar refractivity (Wildman–Crippen MR) is 130 cm³/mol. The second kappa shape index (κ2) is 9.49. The SMILES string of the molecule is O=C(c1ccc(OCCN2CCCCC2)cc1)C1Sc2c(O)ccc1c2-c1ccc(O)cc1. The number of rotatable bonds is 7. The summed E-state index contributed by atoms with van der Waals surface area (Å²) in [6, 6.07) is 17.7. The van der Waals surface area contributed by atoms with Crippen molar-refractivity contribution in [1.82, 2.24) is 4.90 Å². The molecule has 0 aliphatic carbocycles. The number of hydrogen-bond donors (Lipinski definition) is 2. The van der Waals surface area contributed by atoms with E-state index in [1.54, 1.807) is 30.3 Å². The number of aromatic hydroxyl groups is 2. The van der Waals surface area contributed by atoms with Gasteiger partial charge in [-0.15, -0.1) is 11.8 Å². The van der Waals surface area contributed by atoms with Crippen LogP contribution in [0.4, 0.5) is 0 Å². The highest BCUT2D eigenvalue weighted by Crippen LogP contribution is 2.56. The molecule has 0 aromatic heterocycles. The van der Waals surface area contributed by atoms with E-state index in [0.717, 1.165) is 42.1 Å². The molecule has 0 spiro atoms. The maximum absolute atomic E-state index is 13.4. The molecule has 1 atom stereocenters. The Labute approximate surface area is 198 Å². The fourth-order valence-corrected chi connectivity index (χ4v) is 5.91. The van der Waals surface area contributed by atoms with Gasteiger partial charge in [-0.25, -0.2) is 0 Å². The standard InChI is InChI=1S/C27H27NO4S/c29-20-8-4-18(5-9-20)24-22-12-13-23(30)27(24)33-26(22)25(31)19-6-10-21(11-7-19)32-17-16-28-14-2-1-3-15-28/h4-13,26,29-30H,1-3,14-17H2. The summed E-state index contributed by atoms with van der Waals surface area (Å²) in [4.78, 5) is 16.5. The second-order valence-corrected chi connectivity index (χ2v) is 9.68. The van der Waals surface area contributed by atoms with Gasteiger partial charge >= 0.3 is 0 Å². The number of phenolic OH excluding ortho intramolecular Hbond substituents is 2. The smallest absolute Gasteiger partial charge is 0.180 e. The molecule has 1 saturated heterocycles. The molecule has 0 saturated carbocycles. The number of piperidine rings is 1. The number of fused-ring (bicyclic) bond motifs is 2. The van der Waals surface area contributed by atoms with E-state index in [1.807, 2.05) is 30.3 Å². The van der Waals surface area contributed by atoms with Crippen LogP contribution in [0.1, 0.15) is 40.4 Å². The van der Waals surface area contributed by atoms with E-state index in [-0.39, 0.29) is 17.3 Å². The Balaban J connectivity index is 1.28. The van der Waals surface area contributed by atoms with Crippen LogP contribution in [0.2, 0.25) is 0 Å².